The number of nitrogens with zero attached hydrogens (tertiary/aromatic N) is 2. The second-order valence-electron chi connectivity index (χ2n) is 4.22. The summed E-state index contributed by atoms with van der Waals surface area (Å²) in [5.74, 6) is 1.64. The van der Waals surface area contributed by atoms with Crippen LogP contribution in [0.1, 0.15) is 48.7 Å². The van der Waals surface area contributed by atoms with Crippen LogP contribution in [-0.4, -0.2) is 23.0 Å². The molecule has 0 bridgehead atoms. The molecule has 0 fully saturated rings. The van der Waals surface area contributed by atoms with Crippen LogP contribution >= 0.6 is 0 Å². The van der Waals surface area contributed by atoms with E-state index < -0.39 is 5.97 Å². The predicted octanol–water partition coefficient (Wildman–Crippen LogP) is 2.80. The zero-order valence-corrected chi connectivity index (χ0v) is 12.1. The van der Waals surface area contributed by atoms with Crippen LogP contribution in [0.15, 0.2) is 8.83 Å². The van der Waals surface area contributed by atoms with E-state index >= 15 is 0 Å². The van der Waals surface area contributed by atoms with Gasteiger partial charge in [-0.2, -0.15) is 0 Å². The Morgan fingerprint density at radius 1 is 1.05 bits per heavy atom. The third-order valence-electron chi connectivity index (χ3n) is 2.96. The van der Waals surface area contributed by atoms with Gasteiger partial charge in [0.25, 0.3) is 0 Å². The summed E-state index contributed by atoms with van der Waals surface area (Å²) in [6.45, 7) is 5.81. The lowest BCUT2D eigenvalue weighted by Gasteiger charge is -1.94. The van der Waals surface area contributed by atoms with Gasteiger partial charge in [-0.25, -0.2) is 14.8 Å². The molecule has 2 aromatic rings. The van der Waals surface area contributed by atoms with Gasteiger partial charge in [0.2, 0.25) is 5.89 Å². The summed E-state index contributed by atoms with van der Waals surface area (Å²) in [7, 11) is 1.32. The van der Waals surface area contributed by atoms with Crippen molar-refractivity contribution in [3.8, 4) is 11.6 Å². The van der Waals surface area contributed by atoms with Gasteiger partial charge in [-0.15, -0.1) is 0 Å². The van der Waals surface area contributed by atoms with Gasteiger partial charge in [-0.1, -0.05) is 20.8 Å². The molecule has 0 aromatic carbocycles. The maximum absolute atomic E-state index is 11.7. The first-order valence-corrected chi connectivity index (χ1v) is 6.71. The summed E-state index contributed by atoms with van der Waals surface area (Å²) < 4.78 is 16.0. The number of methoxy groups -OCH3 is 1. The van der Waals surface area contributed by atoms with Crippen LogP contribution in [0.4, 0.5) is 0 Å². The molecule has 2 aromatic heterocycles. The molecule has 0 atom stereocenters. The first-order valence-electron chi connectivity index (χ1n) is 6.71. The Balaban J connectivity index is 2.50. The third kappa shape index (κ3) is 2.45. The molecule has 0 radical (unpaired) electrons. The summed E-state index contributed by atoms with van der Waals surface area (Å²) in [6, 6.07) is 0. The highest BCUT2D eigenvalue weighted by atomic mass is 16.5. The predicted molar refractivity (Wildman–Crippen MR) is 71.5 cm³/mol. The van der Waals surface area contributed by atoms with E-state index in [1.807, 2.05) is 20.8 Å². The van der Waals surface area contributed by atoms with Crippen molar-refractivity contribution in [3.63, 3.8) is 0 Å². The molecule has 0 aliphatic heterocycles. The second-order valence-corrected chi connectivity index (χ2v) is 4.22. The summed E-state index contributed by atoms with van der Waals surface area (Å²) in [6.07, 6.45) is 1.93. The molecule has 108 valence electrons. The zero-order valence-electron chi connectivity index (χ0n) is 12.1. The number of carbonyl (C=O) groups excluding carboxylic acids is 1. The fourth-order valence-electron chi connectivity index (χ4n) is 1.91. The molecule has 0 unspecified atom stereocenters. The maximum atomic E-state index is 11.7. The molecule has 2 heterocycles. The Labute approximate surface area is 117 Å². The average molecular weight is 278 g/mol. The number of hydrogen-bond donors (Lipinski definition) is 0. The lowest BCUT2D eigenvalue weighted by molar-refractivity contribution is 0.0592. The Morgan fingerprint density at radius 2 is 1.75 bits per heavy atom. The SMILES string of the molecule is CCc1nc(-c2nc(C(=O)OC)c(CC)o2)c(CC)o1. The summed E-state index contributed by atoms with van der Waals surface area (Å²) in [5, 5.41) is 0. The van der Waals surface area contributed by atoms with Gasteiger partial charge in [0.1, 0.15) is 11.5 Å². The van der Waals surface area contributed by atoms with Crippen molar-refractivity contribution in [1.29, 1.82) is 0 Å². The summed E-state index contributed by atoms with van der Waals surface area (Å²) in [4.78, 5) is 20.2. The highest BCUT2D eigenvalue weighted by Gasteiger charge is 2.24. The third-order valence-corrected chi connectivity index (χ3v) is 2.96. The molecule has 0 aliphatic rings. The standard InChI is InChI=1S/C14H18N2O4/c1-5-8-11(15-10(7-3)19-8)13-16-12(14(17)18-4)9(6-2)20-13/h5-7H2,1-4H3. The number of aryl methyl sites for hydroxylation is 3. The first-order chi connectivity index (χ1) is 9.64. The van der Waals surface area contributed by atoms with E-state index in [-0.39, 0.29) is 5.69 Å². The van der Waals surface area contributed by atoms with E-state index in [1.54, 1.807) is 0 Å². The van der Waals surface area contributed by atoms with E-state index in [4.69, 9.17) is 13.6 Å². The van der Waals surface area contributed by atoms with Crippen molar-refractivity contribution in [3.05, 3.63) is 23.1 Å². The largest absolute Gasteiger partial charge is 0.464 e. The van der Waals surface area contributed by atoms with Gasteiger partial charge in [0.05, 0.1) is 7.11 Å². The van der Waals surface area contributed by atoms with E-state index in [0.29, 0.717) is 48.3 Å². The lowest BCUT2D eigenvalue weighted by Crippen LogP contribution is -2.04. The molecule has 6 nitrogen and oxygen atoms in total. The number of rotatable bonds is 5. The van der Waals surface area contributed by atoms with Crippen molar-refractivity contribution in [1.82, 2.24) is 9.97 Å². The number of ether oxygens (including phenoxy) is 1. The number of esters is 1. The van der Waals surface area contributed by atoms with Crippen molar-refractivity contribution in [2.45, 2.75) is 40.0 Å². The Hall–Kier alpha value is -2.11. The Bertz CT molecular complexity index is 613. The minimum Gasteiger partial charge on any atom is -0.464 e. The highest BCUT2D eigenvalue weighted by molar-refractivity contribution is 5.88. The fraction of sp³-hybridized carbons (Fsp3) is 0.500. The molecule has 0 amide bonds. The summed E-state index contributed by atoms with van der Waals surface area (Å²) in [5.41, 5.74) is 0.766. The van der Waals surface area contributed by atoms with E-state index in [2.05, 4.69) is 9.97 Å². The van der Waals surface area contributed by atoms with Crippen LogP contribution in [0.2, 0.25) is 0 Å². The van der Waals surface area contributed by atoms with Gasteiger partial charge in [-0.05, 0) is 0 Å². The molecule has 0 saturated heterocycles. The van der Waals surface area contributed by atoms with Crippen LogP contribution in [-0.2, 0) is 24.0 Å². The topological polar surface area (TPSA) is 78.4 Å². The first kappa shape index (κ1) is 14.3. The van der Waals surface area contributed by atoms with Gasteiger partial charge >= 0.3 is 5.97 Å². The molecule has 6 heteroatoms. The van der Waals surface area contributed by atoms with E-state index in [1.165, 1.54) is 7.11 Å². The van der Waals surface area contributed by atoms with Crippen LogP contribution in [0.5, 0.6) is 0 Å². The van der Waals surface area contributed by atoms with Gasteiger partial charge in [0, 0.05) is 19.3 Å². The van der Waals surface area contributed by atoms with Gasteiger partial charge in [-0.3, -0.25) is 0 Å². The molecule has 2 rings (SSSR count). The molecule has 0 aliphatic carbocycles. The highest BCUT2D eigenvalue weighted by Crippen LogP contribution is 2.27. The van der Waals surface area contributed by atoms with Crippen LogP contribution in [0.3, 0.4) is 0 Å². The molecule has 0 N–H and O–H groups in total. The van der Waals surface area contributed by atoms with Crippen molar-refractivity contribution in [2.24, 2.45) is 0 Å². The van der Waals surface area contributed by atoms with Crippen molar-refractivity contribution >= 4 is 5.97 Å². The van der Waals surface area contributed by atoms with Crippen LogP contribution in [0.25, 0.3) is 11.6 Å². The maximum Gasteiger partial charge on any atom is 0.360 e. The normalized spacial score (nSPS) is 10.8. The van der Waals surface area contributed by atoms with Crippen LogP contribution < -0.4 is 0 Å². The summed E-state index contributed by atoms with van der Waals surface area (Å²) >= 11 is 0. The molecular formula is C14H18N2O4. The van der Waals surface area contributed by atoms with Gasteiger partial charge in [0.15, 0.2) is 17.3 Å². The smallest absolute Gasteiger partial charge is 0.360 e. The second kappa shape index (κ2) is 5.90. The number of oxazole rings is 2. The number of hydrogen-bond acceptors (Lipinski definition) is 6. The Kier molecular flexibility index (Phi) is 4.22. The fourth-order valence-corrected chi connectivity index (χ4v) is 1.91. The zero-order chi connectivity index (χ0) is 14.7. The van der Waals surface area contributed by atoms with Gasteiger partial charge < -0.3 is 13.6 Å². The minimum atomic E-state index is -0.505. The van der Waals surface area contributed by atoms with Crippen molar-refractivity contribution in [2.75, 3.05) is 7.11 Å². The minimum absolute atomic E-state index is 0.202. The molecule has 20 heavy (non-hydrogen) atoms. The van der Waals surface area contributed by atoms with E-state index in [0.717, 1.165) is 0 Å². The monoisotopic (exact) mass is 278 g/mol. The quantitative estimate of drug-likeness (QED) is 0.782. The Morgan fingerprint density at radius 3 is 2.30 bits per heavy atom. The number of carbonyl (C=O) groups is 1. The lowest BCUT2D eigenvalue weighted by atomic mass is 10.3. The van der Waals surface area contributed by atoms with E-state index in [9.17, 15) is 4.79 Å². The molecular weight excluding hydrogens is 260 g/mol. The van der Waals surface area contributed by atoms with Crippen molar-refractivity contribution < 1.29 is 18.4 Å². The molecule has 0 saturated carbocycles. The molecule has 0 spiro atoms. The average Bonchev–Trinajstić information content (AvgIpc) is 3.09. The number of aromatic nitrogens is 2. The van der Waals surface area contributed by atoms with Crippen LogP contribution in [0, 0.1) is 0 Å².